The fourth-order valence-corrected chi connectivity index (χ4v) is 3.26. The highest BCUT2D eigenvalue weighted by Crippen LogP contribution is 2.25. The minimum atomic E-state index is -0.625. The molecule has 0 spiro atoms. The van der Waals surface area contributed by atoms with E-state index in [-0.39, 0.29) is 28.9 Å². The third-order valence-corrected chi connectivity index (χ3v) is 4.91. The van der Waals surface area contributed by atoms with E-state index in [0.29, 0.717) is 10.4 Å². The van der Waals surface area contributed by atoms with Crippen LogP contribution in [0, 0.1) is 24.9 Å². The normalized spacial score (nSPS) is 11.2. The van der Waals surface area contributed by atoms with Gasteiger partial charge in [-0.15, -0.1) is 0 Å². The number of anilines is 1. The van der Waals surface area contributed by atoms with Crippen LogP contribution >= 0.6 is 0 Å². The maximum atomic E-state index is 15.2. The van der Waals surface area contributed by atoms with Gasteiger partial charge in [-0.05, 0) is 37.3 Å². The van der Waals surface area contributed by atoms with E-state index >= 15 is 4.39 Å². The zero-order valence-corrected chi connectivity index (χ0v) is 16.6. The van der Waals surface area contributed by atoms with Crippen molar-refractivity contribution in [2.45, 2.75) is 53.9 Å². The zero-order valence-electron chi connectivity index (χ0n) is 16.6. The first kappa shape index (κ1) is 20.6. The van der Waals surface area contributed by atoms with Gasteiger partial charge in [0.15, 0.2) is 11.5 Å². The summed E-state index contributed by atoms with van der Waals surface area (Å²) >= 11 is 0. The molecule has 0 saturated heterocycles. The Kier molecular flexibility index (Phi) is 6.72. The number of aromatic nitrogens is 1. The Morgan fingerprint density at radius 2 is 1.78 bits per heavy atom. The van der Waals surface area contributed by atoms with Gasteiger partial charge >= 0.3 is 0 Å². The van der Waals surface area contributed by atoms with Crippen LogP contribution in [0.4, 0.5) is 10.1 Å². The maximum Gasteiger partial charge on any atom is 0.265 e. The van der Waals surface area contributed by atoms with E-state index in [9.17, 15) is 10.0 Å². The van der Waals surface area contributed by atoms with Gasteiger partial charge in [-0.3, -0.25) is 4.79 Å². The van der Waals surface area contributed by atoms with Crippen molar-refractivity contribution in [1.82, 2.24) is 0 Å². The number of para-hydroxylation sites is 1. The molecule has 0 fully saturated rings. The van der Waals surface area contributed by atoms with E-state index in [1.165, 1.54) is 6.92 Å². The smallest absolute Gasteiger partial charge is 0.265 e. The van der Waals surface area contributed by atoms with E-state index < -0.39 is 11.7 Å². The number of allylic oxidation sites excluding steroid dienone is 2. The van der Waals surface area contributed by atoms with E-state index in [2.05, 4.69) is 5.32 Å². The summed E-state index contributed by atoms with van der Waals surface area (Å²) in [6.45, 7) is 8.88. The molecule has 2 aromatic rings. The van der Waals surface area contributed by atoms with Gasteiger partial charge in [0.2, 0.25) is 5.69 Å². The summed E-state index contributed by atoms with van der Waals surface area (Å²) in [5, 5.41) is 15.3. The average molecular weight is 370 g/mol. The summed E-state index contributed by atoms with van der Waals surface area (Å²) in [6, 6.07) is 5.84. The molecule has 0 atom stereocenters. The highest BCUT2D eigenvalue weighted by Gasteiger charge is 2.28. The molecule has 1 amide bonds. The van der Waals surface area contributed by atoms with Gasteiger partial charge in [-0.25, -0.2) is 4.39 Å². The number of aryl methyl sites for hydroxylation is 2. The molecule has 4 nitrogen and oxygen atoms in total. The first-order valence-corrected chi connectivity index (χ1v) is 9.31. The third kappa shape index (κ3) is 4.02. The molecular weight excluding hydrogens is 343 g/mol. The number of carbonyl (C=O) groups excluding carboxylic acids is 1. The molecule has 0 aliphatic heterocycles. The van der Waals surface area contributed by atoms with Crippen LogP contribution in [-0.4, -0.2) is 5.91 Å². The van der Waals surface area contributed by atoms with Gasteiger partial charge in [0.05, 0.1) is 5.56 Å². The second-order valence-electron chi connectivity index (χ2n) is 6.52. The van der Waals surface area contributed by atoms with Gasteiger partial charge in [0, 0.05) is 19.5 Å². The third-order valence-electron chi connectivity index (χ3n) is 4.91. The van der Waals surface area contributed by atoms with Crippen molar-refractivity contribution in [2.24, 2.45) is 0 Å². The summed E-state index contributed by atoms with van der Waals surface area (Å²) in [4.78, 5) is 13.0. The molecule has 5 heteroatoms. The molecule has 1 heterocycles. The topological polar surface area (TPSA) is 56.0 Å². The largest absolute Gasteiger partial charge is 0.618 e. The molecule has 0 unspecified atom stereocenters. The van der Waals surface area contributed by atoms with Crippen LogP contribution in [0.15, 0.2) is 30.4 Å². The Labute approximate surface area is 160 Å². The number of amides is 1. The number of benzene rings is 1. The van der Waals surface area contributed by atoms with Crippen molar-refractivity contribution in [3.8, 4) is 0 Å². The second kappa shape index (κ2) is 8.80. The summed E-state index contributed by atoms with van der Waals surface area (Å²) in [6.07, 6.45) is 5.31. The zero-order chi connectivity index (χ0) is 20.1. The molecule has 0 aliphatic carbocycles. The van der Waals surface area contributed by atoms with Gasteiger partial charge in [0.25, 0.3) is 5.91 Å². The Hall–Kier alpha value is -2.69. The van der Waals surface area contributed by atoms with Crippen LogP contribution in [0.2, 0.25) is 0 Å². The summed E-state index contributed by atoms with van der Waals surface area (Å²) in [7, 11) is 0. The number of halogens is 1. The van der Waals surface area contributed by atoms with E-state index in [1.54, 1.807) is 19.1 Å². The maximum absolute atomic E-state index is 15.2. The lowest BCUT2D eigenvalue weighted by molar-refractivity contribution is -0.620. The van der Waals surface area contributed by atoms with Gasteiger partial charge < -0.3 is 10.5 Å². The number of pyridine rings is 1. The Balaban J connectivity index is 2.56. The monoisotopic (exact) mass is 370 g/mol. The molecule has 144 valence electrons. The second-order valence-corrected chi connectivity index (χ2v) is 6.52. The average Bonchev–Trinajstić information content (AvgIpc) is 2.66. The van der Waals surface area contributed by atoms with Gasteiger partial charge in [-0.2, -0.15) is 4.73 Å². The predicted octanol–water partition coefficient (Wildman–Crippen LogP) is 4.57. The van der Waals surface area contributed by atoms with Crippen molar-refractivity contribution in [3.63, 3.8) is 0 Å². The number of rotatable bonds is 6. The summed E-state index contributed by atoms with van der Waals surface area (Å²) in [5.41, 5.74) is 3.08. The van der Waals surface area contributed by atoms with Crippen LogP contribution < -0.4 is 10.0 Å². The van der Waals surface area contributed by atoms with Gasteiger partial charge in [-0.1, -0.05) is 44.2 Å². The number of carbonyl (C=O) groups is 1. The highest BCUT2D eigenvalue weighted by atomic mass is 19.1. The van der Waals surface area contributed by atoms with E-state index in [0.717, 1.165) is 24.0 Å². The predicted molar refractivity (Wildman–Crippen MR) is 107 cm³/mol. The molecule has 0 aliphatic rings. The SMILES string of the molecule is C/C=C/Cc1c(F)c(C(=O)Nc2c(CC)cccc2CC)c(C)[n+]([O-])c1C. The number of nitrogens with one attached hydrogen (secondary N) is 1. The van der Waals surface area contributed by atoms with E-state index in [4.69, 9.17) is 0 Å². The summed E-state index contributed by atoms with van der Waals surface area (Å²) in [5.74, 6) is -1.22. The molecule has 0 saturated carbocycles. The lowest BCUT2D eigenvalue weighted by Crippen LogP contribution is -2.39. The van der Waals surface area contributed by atoms with Crippen molar-refractivity contribution in [1.29, 1.82) is 0 Å². The lowest BCUT2D eigenvalue weighted by Gasteiger charge is -2.17. The molecule has 2 rings (SSSR count). The van der Waals surface area contributed by atoms with Crippen LogP contribution in [0.5, 0.6) is 0 Å². The number of hydrogen-bond donors (Lipinski definition) is 1. The fraction of sp³-hybridized carbons (Fsp3) is 0.364. The molecule has 1 aromatic heterocycles. The molecular formula is C22H27FN2O2. The van der Waals surface area contributed by atoms with Crippen molar-refractivity contribution < 1.29 is 13.9 Å². The number of nitrogens with zero attached hydrogens (tertiary/aromatic N) is 1. The Morgan fingerprint density at radius 1 is 1.19 bits per heavy atom. The van der Waals surface area contributed by atoms with Crippen molar-refractivity contribution in [2.75, 3.05) is 5.32 Å². The lowest BCUT2D eigenvalue weighted by atomic mass is 10.0. The number of hydrogen-bond acceptors (Lipinski definition) is 2. The van der Waals surface area contributed by atoms with Crippen molar-refractivity contribution >= 4 is 11.6 Å². The molecule has 1 aromatic carbocycles. The highest BCUT2D eigenvalue weighted by molar-refractivity contribution is 6.06. The van der Waals surface area contributed by atoms with Crippen LogP contribution in [0.3, 0.4) is 0 Å². The standard InChI is InChI=1S/C22H27FN2O2/c1-6-9-13-18-14(4)25(27)15(5)19(20(18)23)22(26)24-21-16(7-2)11-10-12-17(21)8-3/h6,9-12H,7-8,13H2,1-5H3,(H,24,26)/b9-6+. The van der Waals surface area contributed by atoms with Crippen LogP contribution in [-0.2, 0) is 19.3 Å². The van der Waals surface area contributed by atoms with Crippen LogP contribution in [0.1, 0.15) is 59.2 Å². The first-order chi connectivity index (χ1) is 12.9. The molecule has 27 heavy (non-hydrogen) atoms. The Morgan fingerprint density at radius 3 is 2.30 bits per heavy atom. The molecule has 0 radical (unpaired) electrons. The van der Waals surface area contributed by atoms with Gasteiger partial charge in [0.1, 0.15) is 5.56 Å². The molecule has 0 bridgehead atoms. The molecule has 1 N–H and O–H groups in total. The fourth-order valence-electron chi connectivity index (χ4n) is 3.26. The summed E-state index contributed by atoms with van der Waals surface area (Å²) < 4.78 is 15.8. The quantitative estimate of drug-likeness (QED) is 0.460. The Bertz CT molecular complexity index is 866. The van der Waals surface area contributed by atoms with Crippen LogP contribution in [0.25, 0.3) is 0 Å². The van der Waals surface area contributed by atoms with E-state index in [1.807, 2.05) is 39.0 Å². The first-order valence-electron chi connectivity index (χ1n) is 9.31. The van der Waals surface area contributed by atoms with Crippen molar-refractivity contribution in [3.05, 3.63) is 75.0 Å². The minimum absolute atomic E-state index is 0.0683. The minimum Gasteiger partial charge on any atom is -0.618 e.